The van der Waals surface area contributed by atoms with Crippen molar-refractivity contribution in [2.75, 3.05) is 18.9 Å². The van der Waals surface area contributed by atoms with Crippen LogP contribution in [0.25, 0.3) is 11.2 Å². The average molecular weight is 465 g/mol. The number of ether oxygens (including phenoxy) is 1. The van der Waals surface area contributed by atoms with Gasteiger partial charge in [0, 0.05) is 0 Å². The van der Waals surface area contributed by atoms with Crippen LogP contribution >= 0.6 is 6.72 Å². The molecule has 0 bridgehead atoms. The van der Waals surface area contributed by atoms with Crippen LogP contribution in [-0.2, 0) is 30.1 Å². The molecule has 0 aliphatic carbocycles. The average Bonchev–Trinajstić information content (AvgIpc) is 3.46. The van der Waals surface area contributed by atoms with Crippen molar-refractivity contribution in [3.8, 4) is 0 Å². The molecule has 2 aromatic heterocycles. The molecule has 2 unspecified atom stereocenters. The Hall–Kier alpha value is -2.02. The second-order valence-electron chi connectivity index (χ2n) is 7.17. The van der Waals surface area contributed by atoms with Crippen LogP contribution in [0.2, 0.25) is 0 Å². The first-order chi connectivity index (χ1) is 15.0. The molecular formula is C18H20N5O6PS. The maximum absolute atomic E-state index is 10.5. The normalized spacial score (nSPS) is 33.3. The molecule has 0 saturated carbocycles. The SMILES string of the molecule is Nc1ncnc2c1ncn2[C@@H]1O[C@H](COP2(=S)OCC(c3ccccc3)O2)[C@@H](O)[C@H]1O. The number of rotatable bonds is 5. The van der Waals surface area contributed by atoms with E-state index < -0.39 is 31.3 Å². The number of aromatic nitrogens is 4. The van der Waals surface area contributed by atoms with Gasteiger partial charge in [0.25, 0.3) is 0 Å². The zero-order valence-corrected chi connectivity index (χ0v) is 17.8. The standard InChI is InChI=1S/C18H20N5O6PS/c19-16-13-17(21-8-20-16)23(9-22-13)18-15(25)14(24)12(28-18)7-27-30(31)26-6-11(29-30)10-4-2-1-3-5-10/h1-5,8-9,11-12,14-15,18,24-25H,6-7H2,(H2,19,20,21)/t11?,12-,14-,15-,18-,30?/m1/s1. The first-order valence-electron chi connectivity index (χ1n) is 9.52. The number of fused-ring (bicyclic) bond motifs is 1. The fourth-order valence-corrected chi connectivity index (χ4v) is 5.60. The first kappa shape index (κ1) is 20.9. The quantitative estimate of drug-likeness (QED) is 0.465. The molecule has 164 valence electrons. The van der Waals surface area contributed by atoms with Crippen molar-refractivity contribution < 1.29 is 28.5 Å². The first-order valence-corrected chi connectivity index (χ1v) is 12.1. The summed E-state index contributed by atoms with van der Waals surface area (Å²) in [5.74, 6) is 0.206. The van der Waals surface area contributed by atoms with Gasteiger partial charge in [0.2, 0.25) is 0 Å². The highest BCUT2D eigenvalue weighted by atomic mass is 32.5. The smallest absolute Gasteiger partial charge is 0.328 e. The number of nitrogen functional groups attached to an aromatic ring is 1. The van der Waals surface area contributed by atoms with Crippen LogP contribution in [0, 0.1) is 0 Å². The summed E-state index contributed by atoms with van der Waals surface area (Å²) in [6.45, 7) is -2.84. The predicted octanol–water partition coefficient (Wildman–Crippen LogP) is 1.06. The summed E-state index contributed by atoms with van der Waals surface area (Å²) in [5, 5.41) is 21.0. The lowest BCUT2D eigenvalue weighted by atomic mass is 10.1. The van der Waals surface area contributed by atoms with Gasteiger partial charge < -0.3 is 29.7 Å². The van der Waals surface area contributed by atoms with Gasteiger partial charge >= 0.3 is 6.72 Å². The second kappa shape index (κ2) is 8.15. The molecule has 13 heteroatoms. The molecule has 0 radical (unpaired) electrons. The number of aliphatic hydroxyl groups is 2. The van der Waals surface area contributed by atoms with Gasteiger partial charge in [0.05, 0.1) is 19.5 Å². The minimum absolute atomic E-state index is 0.114. The number of anilines is 1. The van der Waals surface area contributed by atoms with E-state index in [0.29, 0.717) is 11.2 Å². The summed E-state index contributed by atoms with van der Waals surface area (Å²) in [7, 11) is 0. The highest BCUT2D eigenvalue weighted by Crippen LogP contribution is 2.59. The van der Waals surface area contributed by atoms with Gasteiger partial charge in [-0.15, -0.1) is 0 Å². The van der Waals surface area contributed by atoms with Crippen molar-refractivity contribution >= 4 is 35.5 Å². The maximum atomic E-state index is 10.5. The van der Waals surface area contributed by atoms with E-state index in [9.17, 15) is 10.2 Å². The lowest BCUT2D eigenvalue weighted by Crippen LogP contribution is -2.33. The van der Waals surface area contributed by atoms with Crippen LogP contribution < -0.4 is 5.73 Å². The van der Waals surface area contributed by atoms with Crippen molar-refractivity contribution in [1.29, 1.82) is 0 Å². The van der Waals surface area contributed by atoms with Gasteiger partial charge in [-0.05, 0) is 17.4 Å². The summed E-state index contributed by atoms with van der Waals surface area (Å²) in [4.78, 5) is 12.2. The third-order valence-corrected chi connectivity index (χ3v) is 7.54. The summed E-state index contributed by atoms with van der Waals surface area (Å²) in [6, 6.07) is 9.58. The van der Waals surface area contributed by atoms with Crippen molar-refractivity contribution in [3.63, 3.8) is 0 Å². The minimum Gasteiger partial charge on any atom is -0.387 e. The molecule has 2 fully saturated rings. The topological polar surface area (TPSA) is 147 Å². The highest BCUT2D eigenvalue weighted by Gasteiger charge is 2.46. The Bertz CT molecular complexity index is 1130. The monoisotopic (exact) mass is 465 g/mol. The summed E-state index contributed by atoms with van der Waals surface area (Å²) in [6.07, 6.45) is -1.88. The molecule has 2 aliphatic heterocycles. The van der Waals surface area contributed by atoms with Crippen molar-refractivity contribution in [1.82, 2.24) is 19.5 Å². The minimum atomic E-state index is -3.01. The Morgan fingerprint density at radius 2 is 2.00 bits per heavy atom. The molecule has 4 N–H and O–H groups in total. The zero-order chi connectivity index (χ0) is 21.6. The van der Waals surface area contributed by atoms with Crippen LogP contribution in [0.15, 0.2) is 43.0 Å². The maximum Gasteiger partial charge on any atom is 0.328 e. The summed E-state index contributed by atoms with van der Waals surface area (Å²) >= 11 is 5.43. The molecule has 11 nitrogen and oxygen atoms in total. The van der Waals surface area contributed by atoms with Gasteiger partial charge in [-0.2, -0.15) is 0 Å². The number of benzene rings is 1. The third-order valence-electron chi connectivity index (χ3n) is 5.21. The van der Waals surface area contributed by atoms with Crippen molar-refractivity contribution in [3.05, 3.63) is 48.5 Å². The molecule has 5 rings (SSSR count). The lowest BCUT2D eigenvalue weighted by molar-refractivity contribution is -0.0488. The van der Waals surface area contributed by atoms with E-state index in [4.69, 9.17) is 35.8 Å². The van der Waals surface area contributed by atoms with Crippen LogP contribution in [0.5, 0.6) is 0 Å². The van der Waals surface area contributed by atoms with Gasteiger partial charge in [0.1, 0.15) is 36.3 Å². The van der Waals surface area contributed by atoms with E-state index >= 15 is 0 Å². The molecule has 31 heavy (non-hydrogen) atoms. The Morgan fingerprint density at radius 3 is 2.81 bits per heavy atom. The van der Waals surface area contributed by atoms with Crippen LogP contribution in [0.4, 0.5) is 5.82 Å². The fourth-order valence-electron chi connectivity index (χ4n) is 3.59. The number of nitrogens with zero attached hydrogens (tertiary/aromatic N) is 4. The van der Waals surface area contributed by atoms with Crippen molar-refractivity contribution in [2.24, 2.45) is 0 Å². The molecule has 6 atom stereocenters. The van der Waals surface area contributed by atoms with E-state index in [-0.39, 0.29) is 25.1 Å². The second-order valence-corrected chi connectivity index (χ2v) is 10.1. The Labute approximate surface area is 182 Å². The van der Waals surface area contributed by atoms with Gasteiger partial charge in [-0.1, -0.05) is 30.3 Å². The molecular weight excluding hydrogens is 445 g/mol. The zero-order valence-electron chi connectivity index (χ0n) is 16.1. The molecule has 4 heterocycles. The van der Waals surface area contributed by atoms with Crippen LogP contribution in [-0.4, -0.2) is 61.3 Å². The summed E-state index contributed by atoms with van der Waals surface area (Å²) in [5.41, 5.74) is 7.51. The van der Waals surface area contributed by atoms with E-state index in [1.54, 1.807) is 0 Å². The lowest BCUT2D eigenvalue weighted by Gasteiger charge is -2.19. The Morgan fingerprint density at radius 1 is 1.19 bits per heavy atom. The predicted molar refractivity (Wildman–Crippen MR) is 112 cm³/mol. The number of aliphatic hydroxyl groups excluding tert-OH is 2. The summed E-state index contributed by atoms with van der Waals surface area (Å²) < 4.78 is 24.6. The van der Waals surface area contributed by atoms with E-state index in [2.05, 4.69) is 15.0 Å². The van der Waals surface area contributed by atoms with Gasteiger partial charge in [-0.3, -0.25) is 9.09 Å². The van der Waals surface area contributed by atoms with Gasteiger partial charge in [0.15, 0.2) is 17.7 Å². The molecule has 2 saturated heterocycles. The highest BCUT2D eigenvalue weighted by molar-refractivity contribution is 8.07. The molecule has 1 aromatic carbocycles. The van der Waals surface area contributed by atoms with Crippen LogP contribution in [0.3, 0.4) is 0 Å². The molecule has 0 amide bonds. The Balaban J connectivity index is 1.27. The largest absolute Gasteiger partial charge is 0.387 e. The number of nitrogens with two attached hydrogens (primary N) is 1. The molecule has 2 aliphatic rings. The van der Waals surface area contributed by atoms with E-state index in [1.807, 2.05) is 30.3 Å². The van der Waals surface area contributed by atoms with E-state index in [0.717, 1.165) is 5.56 Å². The third kappa shape index (κ3) is 3.86. The number of imidazole rings is 1. The number of hydrogen-bond donors (Lipinski definition) is 3. The van der Waals surface area contributed by atoms with Crippen LogP contribution in [0.1, 0.15) is 17.9 Å². The fraction of sp³-hybridized carbons (Fsp3) is 0.389. The molecule has 3 aromatic rings. The van der Waals surface area contributed by atoms with Gasteiger partial charge in [-0.25, -0.2) is 15.0 Å². The Kier molecular flexibility index (Phi) is 5.49. The molecule has 0 spiro atoms. The van der Waals surface area contributed by atoms with E-state index in [1.165, 1.54) is 17.2 Å². The number of hydrogen-bond acceptors (Lipinski definition) is 11. The van der Waals surface area contributed by atoms with Crippen molar-refractivity contribution in [2.45, 2.75) is 30.6 Å².